The highest BCUT2D eigenvalue weighted by atomic mass is 32.2. The molecule has 1 unspecified atom stereocenters. The van der Waals surface area contributed by atoms with Crippen molar-refractivity contribution in [3.63, 3.8) is 0 Å². The summed E-state index contributed by atoms with van der Waals surface area (Å²) >= 11 is 1.62. The largest absolute Gasteiger partial charge is 0.494 e. The number of nitrogens with one attached hydrogen (secondary N) is 2. The number of aromatic nitrogens is 3. The van der Waals surface area contributed by atoms with Crippen molar-refractivity contribution in [1.29, 1.82) is 0 Å². The zero-order valence-corrected chi connectivity index (χ0v) is 23.0. The van der Waals surface area contributed by atoms with Crippen molar-refractivity contribution in [3.05, 3.63) is 70.9 Å². The molecule has 1 aliphatic rings. The Morgan fingerprint density at radius 1 is 1.03 bits per heavy atom. The van der Waals surface area contributed by atoms with Crippen LogP contribution in [-0.4, -0.2) is 33.0 Å². The molecule has 0 spiro atoms. The van der Waals surface area contributed by atoms with Crippen LogP contribution in [0.15, 0.2) is 65.0 Å². The number of benzene rings is 2. The predicted molar refractivity (Wildman–Crippen MR) is 151 cm³/mol. The van der Waals surface area contributed by atoms with Gasteiger partial charge in [-0.3, -0.25) is 4.79 Å². The molecule has 0 aliphatic carbocycles. The number of allylic oxidation sites excluding steroid dienone is 1. The van der Waals surface area contributed by atoms with Gasteiger partial charge >= 0.3 is 0 Å². The van der Waals surface area contributed by atoms with E-state index in [-0.39, 0.29) is 5.91 Å². The van der Waals surface area contributed by atoms with Crippen LogP contribution in [0.4, 0.5) is 11.6 Å². The number of amides is 1. The van der Waals surface area contributed by atoms with E-state index in [1.807, 2.05) is 67.1 Å². The van der Waals surface area contributed by atoms with E-state index in [4.69, 9.17) is 14.8 Å². The fourth-order valence-corrected chi connectivity index (χ4v) is 4.97. The molecular weight excluding hydrogens is 482 g/mol. The smallest absolute Gasteiger partial charge is 0.255 e. The first-order chi connectivity index (χ1) is 18.0. The minimum absolute atomic E-state index is 0.168. The molecule has 1 aromatic heterocycles. The molecule has 196 valence electrons. The van der Waals surface area contributed by atoms with Crippen LogP contribution in [0.25, 0.3) is 0 Å². The Morgan fingerprint density at radius 3 is 2.49 bits per heavy atom. The molecule has 1 amide bonds. The lowest BCUT2D eigenvalue weighted by molar-refractivity contribution is -0.113. The van der Waals surface area contributed by atoms with Crippen LogP contribution in [0.3, 0.4) is 0 Å². The van der Waals surface area contributed by atoms with Gasteiger partial charge in [-0.05, 0) is 56.5 Å². The van der Waals surface area contributed by atoms with Gasteiger partial charge in [-0.2, -0.15) is 4.98 Å². The number of aryl methyl sites for hydroxylation is 1. The van der Waals surface area contributed by atoms with Crippen molar-refractivity contribution in [2.24, 2.45) is 0 Å². The summed E-state index contributed by atoms with van der Waals surface area (Å²) in [6, 6.07) is 15.4. The second-order valence-electron chi connectivity index (χ2n) is 9.38. The van der Waals surface area contributed by atoms with E-state index in [9.17, 15) is 4.79 Å². The van der Waals surface area contributed by atoms with E-state index < -0.39 is 6.04 Å². The minimum atomic E-state index is -0.413. The second-order valence-corrected chi connectivity index (χ2v) is 10.4. The van der Waals surface area contributed by atoms with E-state index in [1.54, 1.807) is 11.8 Å². The molecule has 0 saturated carbocycles. The van der Waals surface area contributed by atoms with Gasteiger partial charge in [0.15, 0.2) is 0 Å². The maximum atomic E-state index is 13.6. The predicted octanol–water partition coefficient (Wildman–Crippen LogP) is 6.98. The van der Waals surface area contributed by atoms with Gasteiger partial charge in [-0.15, -0.1) is 5.10 Å². The molecule has 4 rings (SSSR count). The number of fused-ring (bicyclic) bond motifs is 1. The Kier molecular flexibility index (Phi) is 9.28. The van der Waals surface area contributed by atoms with Gasteiger partial charge in [0.1, 0.15) is 11.8 Å². The van der Waals surface area contributed by atoms with Crippen LogP contribution in [0.5, 0.6) is 5.75 Å². The third kappa shape index (κ3) is 6.74. The van der Waals surface area contributed by atoms with Crippen LogP contribution >= 0.6 is 11.8 Å². The average molecular weight is 520 g/mol. The summed E-state index contributed by atoms with van der Waals surface area (Å²) < 4.78 is 7.78. The molecule has 1 atom stereocenters. The number of thioether (sulfide) groups is 1. The lowest BCUT2D eigenvalue weighted by Crippen LogP contribution is -2.31. The normalized spacial score (nSPS) is 14.8. The summed E-state index contributed by atoms with van der Waals surface area (Å²) in [7, 11) is 0. The van der Waals surface area contributed by atoms with Gasteiger partial charge in [0, 0.05) is 17.1 Å². The summed E-state index contributed by atoms with van der Waals surface area (Å²) in [5, 5.41) is 11.9. The van der Waals surface area contributed by atoms with E-state index in [2.05, 4.69) is 24.5 Å². The Morgan fingerprint density at radius 2 is 1.78 bits per heavy atom. The lowest BCUT2D eigenvalue weighted by atomic mass is 9.95. The van der Waals surface area contributed by atoms with Crippen molar-refractivity contribution < 1.29 is 9.53 Å². The molecule has 0 bridgehead atoms. The molecule has 3 aromatic rings. The Hall–Kier alpha value is -3.26. The quantitative estimate of drug-likeness (QED) is 0.199. The topological polar surface area (TPSA) is 81.1 Å². The highest BCUT2D eigenvalue weighted by Gasteiger charge is 2.34. The highest BCUT2D eigenvalue weighted by Crippen LogP contribution is 2.37. The van der Waals surface area contributed by atoms with E-state index >= 15 is 0 Å². The number of hydrogen-bond donors (Lipinski definition) is 2. The Balaban J connectivity index is 1.62. The van der Waals surface area contributed by atoms with Crippen molar-refractivity contribution in [3.8, 4) is 5.75 Å². The molecular formula is C29H37N5O2S. The van der Waals surface area contributed by atoms with Gasteiger partial charge in [0.2, 0.25) is 11.1 Å². The summed E-state index contributed by atoms with van der Waals surface area (Å²) in [6.07, 6.45) is 5.71. The molecule has 7 nitrogen and oxygen atoms in total. The van der Waals surface area contributed by atoms with E-state index in [1.165, 1.54) is 19.3 Å². The molecule has 2 aromatic carbocycles. The van der Waals surface area contributed by atoms with E-state index in [0.717, 1.165) is 46.9 Å². The first-order valence-electron chi connectivity index (χ1n) is 13.2. The number of ether oxygens (including phenoxy) is 1. The molecule has 0 fully saturated rings. The average Bonchev–Trinajstić information content (AvgIpc) is 3.30. The van der Waals surface area contributed by atoms with Crippen LogP contribution in [0, 0.1) is 6.92 Å². The summed E-state index contributed by atoms with van der Waals surface area (Å²) in [6.45, 7) is 9.00. The molecule has 0 radical (unpaired) electrons. The van der Waals surface area contributed by atoms with Gasteiger partial charge in [0.25, 0.3) is 5.91 Å². The van der Waals surface area contributed by atoms with Crippen LogP contribution in [0.2, 0.25) is 0 Å². The molecule has 37 heavy (non-hydrogen) atoms. The monoisotopic (exact) mass is 519 g/mol. The van der Waals surface area contributed by atoms with Gasteiger partial charge in [0.05, 0.1) is 12.2 Å². The first-order valence-corrected chi connectivity index (χ1v) is 14.2. The van der Waals surface area contributed by atoms with Crippen LogP contribution < -0.4 is 15.4 Å². The first kappa shape index (κ1) is 26.8. The number of rotatable bonds is 12. The third-order valence-electron chi connectivity index (χ3n) is 6.28. The van der Waals surface area contributed by atoms with Crippen molar-refractivity contribution in [2.45, 2.75) is 71.0 Å². The van der Waals surface area contributed by atoms with E-state index in [0.29, 0.717) is 23.3 Å². The van der Waals surface area contributed by atoms with Crippen LogP contribution in [0.1, 0.15) is 70.0 Å². The summed E-state index contributed by atoms with van der Waals surface area (Å²) in [5.74, 6) is 2.24. The van der Waals surface area contributed by atoms with Crippen molar-refractivity contribution in [2.75, 3.05) is 23.0 Å². The maximum Gasteiger partial charge on any atom is 0.255 e. The van der Waals surface area contributed by atoms with Crippen molar-refractivity contribution >= 4 is 29.3 Å². The number of unbranched alkanes of at least 4 members (excludes halogenated alkanes) is 3. The number of hydrogen-bond acceptors (Lipinski definition) is 6. The standard InChI is InChI=1S/C29H37N5O2S/c1-5-7-8-9-18-36-24-16-12-22(13-17-24)26-25(27(35)31-23-14-10-20(3)11-15-23)21(4)30-28-32-29(33-34(26)28)37-19-6-2/h10-17,26H,5-9,18-19H2,1-4H3,(H,31,35)(H,30,32,33). The Bertz CT molecular complexity index is 1220. The molecule has 8 heteroatoms. The lowest BCUT2D eigenvalue weighted by Gasteiger charge is -2.28. The Labute approximate surface area is 224 Å². The van der Waals surface area contributed by atoms with Gasteiger partial charge < -0.3 is 15.4 Å². The number of anilines is 2. The maximum absolute atomic E-state index is 13.6. The number of carbonyl (C=O) groups is 1. The summed E-state index contributed by atoms with van der Waals surface area (Å²) in [5.41, 5.74) is 4.22. The zero-order chi connectivity index (χ0) is 26.2. The minimum Gasteiger partial charge on any atom is -0.494 e. The van der Waals surface area contributed by atoms with Gasteiger partial charge in [-0.25, -0.2) is 4.68 Å². The molecule has 0 saturated heterocycles. The number of carbonyl (C=O) groups excluding carboxylic acids is 1. The second kappa shape index (κ2) is 12.8. The molecule has 2 heterocycles. The third-order valence-corrected chi connectivity index (χ3v) is 7.33. The van der Waals surface area contributed by atoms with Crippen molar-refractivity contribution in [1.82, 2.24) is 14.8 Å². The SMILES string of the molecule is CCCCCCOc1ccc(C2C(C(=O)Nc3ccc(C)cc3)=C(C)Nc3nc(SCCC)nn32)cc1. The fraction of sp³-hybridized carbons (Fsp3) is 0.414. The van der Waals surface area contributed by atoms with Crippen LogP contribution in [-0.2, 0) is 4.79 Å². The molecule has 1 aliphatic heterocycles. The molecule has 2 N–H and O–H groups in total. The highest BCUT2D eigenvalue weighted by molar-refractivity contribution is 7.99. The number of nitrogens with zero attached hydrogens (tertiary/aromatic N) is 3. The summed E-state index contributed by atoms with van der Waals surface area (Å²) in [4.78, 5) is 18.3. The van der Waals surface area contributed by atoms with Gasteiger partial charge in [-0.1, -0.05) is 74.7 Å². The zero-order valence-electron chi connectivity index (χ0n) is 22.2. The fourth-order valence-electron chi connectivity index (χ4n) is 4.29.